The van der Waals surface area contributed by atoms with E-state index in [1.807, 2.05) is 0 Å². The number of carbonyl (C=O) groups excluding carboxylic acids is 4. The summed E-state index contributed by atoms with van der Waals surface area (Å²) in [5.74, 6) is -4.78. The molecule has 22 heteroatoms. The van der Waals surface area contributed by atoms with E-state index < -0.39 is 84.7 Å². The minimum absolute atomic E-state index is 0.145. The van der Waals surface area contributed by atoms with Gasteiger partial charge in [-0.15, -0.1) is 0 Å². The molecule has 1 saturated heterocycles. The Morgan fingerprint density at radius 3 is 1.39 bits per heavy atom. The molecular weight excluding hydrogens is 916 g/mol. The Balaban J connectivity index is 0.000000200. The first-order valence-corrected chi connectivity index (χ1v) is 21.5. The van der Waals surface area contributed by atoms with Crippen molar-refractivity contribution < 1.29 is 101 Å². The maximum absolute atomic E-state index is 13.2. The number of carbonyl (C=O) groups is 4. The summed E-state index contributed by atoms with van der Waals surface area (Å²) in [6, 6.07) is 0. The molecule has 66 heavy (non-hydrogen) atoms. The Morgan fingerprint density at radius 1 is 0.591 bits per heavy atom. The summed E-state index contributed by atoms with van der Waals surface area (Å²) >= 11 is 0. The maximum Gasteiger partial charge on any atom is 0.426 e. The Hall–Kier alpha value is -3.82. The van der Waals surface area contributed by atoms with Crippen molar-refractivity contribution in [1.29, 1.82) is 0 Å². The van der Waals surface area contributed by atoms with Gasteiger partial charge in [-0.05, 0) is 121 Å². The molecule has 0 aromatic carbocycles. The van der Waals surface area contributed by atoms with E-state index in [4.69, 9.17) is 14.2 Å². The van der Waals surface area contributed by atoms with Crippen LogP contribution in [0.2, 0.25) is 0 Å². The molecular formula is C44H54F12O10. The predicted molar refractivity (Wildman–Crippen MR) is 205 cm³/mol. The molecule has 0 amide bonds. The van der Waals surface area contributed by atoms with E-state index in [0.29, 0.717) is 47.2 Å². The van der Waals surface area contributed by atoms with E-state index in [1.165, 1.54) is 32.1 Å². The van der Waals surface area contributed by atoms with Crippen LogP contribution < -0.4 is 0 Å². The van der Waals surface area contributed by atoms with E-state index in [2.05, 4.69) is 31.4 Å². The molecule has 10 nitrogen and oxygen atoms in total. The van der Waals surface area contributed by atoms with Gasteiger partial charge in [0.25, 0.3) is 11.2 Å². The molecule has 0 spiro atoms. The number of halogens is 12. The molecule has 0 radical (unpaired) electrons. The first-order chi connectivity index (χ1) is 30.0. The number of fused-ring (bicyclic) bond motifs is 1. The lowest BCUT2D eigenvalue weighted by molar-refractivity contribution is -0.405. The summed E-state index contributed by atoms with van der Waals surface area (Å²) in [5, 5.41) is 19.0. The first-order valence-electron chi connectivity index (χ1n) is 21.5. The van der Waals surface area contributed by atoms with Gasteiger partial charge in [0, 0.05) is 46.8 Å². The van der Waals surface area contributed by atoms with E-state index in [0.717, 1.165) is 31.6 Å². The molecule has 1 aliphatic heterocycles. The lowest BCUT2D eigenvalue weighted by atomic mass is 9.50. The van der Waals surface area contributed by atoms with E-state index >= 15 is 0 Å². The van der Waals surface area contributed by atoms with Crippen molar-refractivity contribution >= 4 is 23.9 Å². The average Bonchev–Trinajstić information content (AvgIpc) is 3.74. The van der Waals surface area contributed by atoms with Crippen molar-refractivity contribution in [2.24, 2.45) is 53.3 Å². The third-order valence-corrected chi connectivity index (χ3v) is 14.9. The van der Waals surface area contributed by atoms with Crippen LogP contribution in [0.15, 0.2) is 36.5 Å². The van der Waals surface area contributed by atoms with Crippen LogP contribution in [-0.4, -0.2) is 93.9 Å². The Kier molecular flexibility index (Phi) is 14.7. The predicted octanol–water partition coefficient (Wildman–Crippen LogP) is 9.37. The second-order valence-corrected chi connectivity index (χ2v) is 19.6. The molecule has 1 heterocycles. The highest BCUT2D eigenvalue weighted by Crippen LogP contribution is 2.61. The highest BCUT2D eigenvalue weighted by molar-refractivity contribution is 5.88. The fourth-order valence-electron chi connectivity index (χ4n) is 11.7. The smallest absolute Gasteiger partial charge is 0.426 e. The lowest BCUT2D eigenvalue weighted by Crippen LogP contribution is -2.67. The van der Waals surface area contributed by atoms with Gasteiger partial charge in [0.15, 0.2) is 0 Å². The van der Waals surface area contributed by atoms with Gasteiger partial charge in [-0.25, -0.2) is 14.4 Å². The summed E-state index contributed by atoms with van der Waals surface area (Å²) in [7, 11) is 0. The van der Waals surface area contributed by atoms with Crippen LogP contribution in [0.3, 0.4) is 0 Å². The second kappa shape index (κ2) is 18.3. The van der Waals surface area contributed by atoms with Crippen LogP contribution in [-0.2, 0) is 38.1 Å². The largest absolute Gasteiger partial charge is 0.459 e. The number of alkyl halides is 12. The number of ether oxygens (including phenoxy) is 4. The van der Waals surface area contributed by atoms with Gasteiger partial charge in [0.05, 0.1) is 0 Å². The van der Waals surface area contributed by atoms with Gasteiger partial charge < -0.3 is 29.2 Å². The molecule has 6 bridgehead atoms. The van der Waals surface area contributed by atoms with Gasteiger partial charge in [0.1, 0.15) is 23.9 Å². The van der Waals surface area contributed by atoms with Crippen LogP contribution in [0.4, 0.5) is 52.7 Å². The summed E-state index contributed by atoms with van der Waals surface area (Å²) in [6.07, 6.45) is -25.5. The normalized spacial score (nSPS) is 34.7. The van der Waals surface area contributed by atoms with E-state index in [1.54, 1.807) is 13.8 Å². The third kappa shape index (κ3) is 10.00. The molecule has 7 saturated carbocycles. The zero-order valence-electron chi connectivity index (χ0n) is 36.5. The van der Waals surface area contributed by atoms with Gasteiger partial charge in [0.2, 0.25) is 0 Å². The van der Waals surface area contributed by atoms with Crippen molar-refractivity contribution in [3.05, 3.63) is 36.5 Å². The molecule has 8 fully saturated rings. The number of esters is 4. The Morgan fingerprint density at radius 2 is 1.00 bits per heavy atom. The van der Waals surface area contributed by atoms with Gasteiger partial charge >= 0.3 is 48.6 Å². The highest BCUT2D eigenvalue weighted by atomic mass is 19.4. The SMILES string of the molecule is C=C(C)C(=O)OC1(C)C2CC3CC(C2)CC1C3.C=C(C)C(=O)OC1C2CC3CC(=O)OC1C3C2.C=C(C)C(=O)OC1CC(C(O)(C(F)(F)F)C(F)(F)F)CC(C(O)(C(F)(F)F)C(F)(F)F)C1. The van der Waals surface area contributed by atoms with E-state index in [9.17, 15) is 82.1 Å². The molecule has 8 rings (SSSR count). The van der Waals surface area contributed by atoms with Crippen LogP contribution in [0.5, 0.6) is 0 Å². The van der Waals surface area contributed by atoms with Crippen molar-refractivity contribution in [2.45, 2.75) is 158 Å². The molecule has 0 aromatic heterocycles. The summed E-state index contributed by atoms with van der Waals surface area (Å²) in [4.78, 5) is 46.4. The monoisotopic (exact) mass is 970 g/mol. The zero-order chi connectivity index (χ0) is 50.1. The summed E-state index contributed by atoms with van der Waals surface area (Å²) in [6.45, 7) is 16.8. The summed E-state index contributed by atoms with van der Waals surface area (Å²) < 4.78 is 179. The topological polar surface area (TPSA) is 146 Å². The molecule has 7 atom stereocenters. The molecule has 374 valence electrons. The van der Waals surface area contributed by atoms with Crippen LogP contribution in [0.1, 0.15) is 98.3 Å². The second-order valence-electron chi connectivity index (χ2n) is 19.6. The molecule has 7 aliphatic carbocycles. The molecule has 0 aromatic rings. The number of aliphatic hydroxyl groups is 2. The number of rotatable bonds is 8. The van der Waals surface area contributed by atoms with Gasteiger partial charge in [-0.1, -0.05) is 19.7 Å². The lowest BCUT2D eigenvalue weighted by Gasteiger charge is -2.59. The fourth-order valence-corrected chi connectivity index (χ4v) is 11.7. The highest BCUT2D eigenvalue weighted by Gasteiger charge is 2.78. The Bertz CT molecular complexity index is 1820. The zero-order valence-corrected chi connectivity index (χ0v) is 36.5. The van der Waals surface area contributed by atoms with Crippen LogP contribution in [0.25, 0.3) is 0 Å². The van der Waals surface area contributed by atoms with Crippen LogP contribution in [0, 0.1) is 53.3 Å². The average molecular weight is 971 g/mol. The van der Waals surface area contributed by atoms with Crippen molar-refractivity contribution in [3.8, 4) is 0 Å². The first kappa shape index (κ1) is 53.1. The van der Waals surface area contributed by atoms with Crippen molar-refractivity contribution in [3.63, 3.8) is 0 Å². The van der Waals surface area contributed by atoms with Crippen molar-refractivity contribution in [1.82, 2.24) is 0 Å². The van der Waals surface area contributed by atoms with Gasteiger partial charge in [-0.2, -0.15) is 52.7 Å². The Labute approximate surface area is 372 Å². The van der Waals surface area contributed by atoms with Crippen molar-refractivity contribution in [2.75, 3.05) is 0 Å². The van der Waals surface area contributed by atoms with Gasteiger partial charge in [-0.3, -0.25) is 4.79 Å². The standard InChI is InChI=1S/C16H16F12O4.C15H22O2.C13H16O4/c1-6(2)10(29)32-9-4-7(11(30,13(17,18)19)14(20,21)22)3-8(5-9)12(31,15(23,24)25)16(26,27)28;1-9(2)14(16)17-15(3)12-5-10-4-11(7-12)8-13(15)6-10;1-6(2)13(15)17-11-8-3-7-5-10(14)16-12(11)9(7)4-8/h7-9,30-31H,1,3-5H2,2H3;10-13H,1,4-8H2,2-3H3;7-9,11-12H,1,3-5H2,2H3. The minimum Gasteiger partial charge on any atom is -0.459 e. The van der Waals surface area contributed by atoms with Crippen LogP contribution >= 0.6 is 0 Å². The third-order valence-electron chi connectivity index (χ3n) is 14.9. The maximum atomic E-state index is 13.2. The molecule has 8 aliphatic rings. The fraction of sp³-hybridized carbons (Fsp3) is 0.773. The van der Waals surface area contributed by atoms with E-state index in [-0.39, 0.29) is 35.7 Å². The number of hydrogen-bond donors (Lipinski definition) is 2. The minimum atomic E-state index is -6.59. The summed E-state index contributed by atoms with van der Waals surface area (Å²) in [5.41, 5.74) is -11.3. The molecule has 2 N–H and O–H groups in total. The molecule has 7 unspecified atom stereocenters. The number of hydrogen-bond acceptors (Lipinski definition) is 10. The quantitative estimate of drug-likeness (QED) is 0.105.